The lowest BCUT2D eigenvalue weighted by atomic mass is 10.1. The summed E-state index contributed by atoms with van der Waals surface area (Å²) in [5.74, 6) is 0.555. The molecule has 5 nitrogen and oxygen atoms in total. The van der Waals surface area contributed by atoms with E-state index in [0.717, 1.165) is 4.47 Å². The number of carbonyl (C=O) groups is 1. The molecule has 1 N–H and O–H groups in total. The molecule has 0 heterocycles. The number of methoxy groups -OCH3 is 2. The van der Waals surface area contributed by atoms with Gasteiger partial charge in [-0.1, -0.05) is 15.9 Å². The van der Waals surface area contributed by atoms with Crippen molar-refractivity contribution in [2.75, 3.05) is 14.2 Å². The molecule has 21 heavy (non-hydrogen) atoms. The predicted molar refractivity (Wildman–Crippen MR) is 84.1 cm³/mol. The van der Waals surface area contributed by atoms with Crippen molar-refractivity contribution in [3.8, 4) is 17.6 Å². The highest BCUT2D eigenvalue weighted by Gasteiger charge is 2.14. The SMILES string of the molecule is COc1cc(Br)cc(C=C(C#N)C(=O)NC(C)C)c1OC. The molecular formula is C15H17BrN2O3. The van der Waals surface area contributed by atoms with Gasteiger partial charge < -0.3 is 14.8 Å². The van der Waals surface area contributed by atoms with Crippen LogP contribution < -0.4 is 14.8 Å². The van der Waals surface area contributed by atoms with Crippen LogP contribution in [-0.2, 0) is 4.79 Å². The number of hydrogen-bond donors (Lipinski definition) is 1. The van der Waals surface area contributed by atoms with Gasteiger partial charge in [0.1, 0.15) is 11.6 Å². The van der Waals surface area contributed by atoms with Crippen molar-refractivity contribution in [3.05, 3.63) is 27.7 Å². The Hall–Kier alpha value is -2.00. The molecule has 0 unspecified atom stereocenters. The molecule has 0 aromatic heterocycles. The molecule has 0 aliphatic carbocycles. The minimum atomic E-state index is -0.423. The molecule has 0 saturated heterocycles. The number of halogens is 1. The monoisotopic (exact) mass is 352 g/mol. The zero-order valence-electron chi connectivity index (χ0n) is 12.4. The van der Waals surface area contributed by atoms with Gasteiger partial charge in [0.2, 0.25) is 0 Å². The van der Waals surface area contributed by atoms with Crippen LogP contribution in [0.2, 0.25) is 0 Å². The van der Waals surface area contributed by atoms with Crippen LogP contribution in [0.1, 0.15) is 19.4 Å². The maximum atomic E-state index is 11.9. The van der Waals surface area contributed by atoms with E-state index in [1.165, 1.54) is 20.3 Å². The highest BCUT2D eigenvalue weighted by molar-refractivity contribution is 9.10. The fraction of sp³-hybridized carbons (Fsp3) is 0.333. The summed E-state index contributed by atoms with van der Waals surface area (Å²) in [5.41, 5.74) is 0.585. The molecule has 6 heteroatoms. The van der Waals surface area contributed by atoms with E-state index >= 15 is 0 Å². The number of hydrogen-bond acceptors (Lipinski definition) is 4. The van der Waals surface area contributed by atoms with E-state index in [2.05, 4.69) is 21.2 Å². The molecule has 0 fully saturated rings. The van der Waals surface area contributed by atoms with Crippen LogP contribution >= 0.6 is 15.9 Å². The first-order valence-corrected chi connectivity index (χ1v) is 7.06. The minimum Gasteiger partial charge on any atom is -0.493 e. The largest absolute Gasteiger partial charge is 0.493 e. The molecule has 1 aromatic rings. The molecule has 0 aliphatic rings. The summed E-state index contributed by atoms with van der Waals surface area (Å²) in [4.78, 5) is 11.9. The number of rotatable bonds is 5. The lowest BCUT2D eigenvalue weighted by molar-refractivity contribution is -0.117. The molecule has 0 atom stereocenters. The van der Waals surface area contributed by atoms with Gasteiger partial charge in [0.15, 0.2) is 11.5 Å². The Labute approximate surface area is 132 Å². The molecule has 0 radical (unpaired) electrons. The molecule has 0 saturated carbocycles. The maximum absolute atomic E-state index is 11.9. The van der Waals surface area contributed by atoms with Crippen LogP contribution in [0.25, 0.3) is 6.08 Å². The zero-order chi connectivity index (χ0) is 16.0. The van der Waals surface area contributed by atoms with Crippen molar-refractivity contribution in [2.45, 2.75) is 19.9 Å². The summed E-state index contributed by atoms with van der Waals surface area (Å²) in [6.45, 7) is 3.66. The molecule has 0 bridgehead atoms. The minimum absolute atomic E-state index is 0.00199. The summed E-state index contributed by atoms with van der Waals surface area (Å²) in [7, 11) is 3.03. The van der Waals surface area contributed by atoms with Gasteiger partial charge in [0, 0.05) is 16.1 Å². The molecule has 112 valence electrons. The normalized spacial score (nSPS) is 11.0. The van der Waals surface area contributed by atoms with Crippen molar-refractivity contribution in [1.29, 1.82) is 5.26 Å². The summed E-state index contributed by atoms with van der Waals surface area (Å²) in [6, 6.07) is 5.35. The van der Waals surface area contributed by atoms with Gasteiger partial charge in [0.05, 0.1) is 14.2 Å². The molecule has 1 amide bonds. The third-order valence-electron chi connectivity index (χ3n) is 2.56. The Morgan fingerprint density at radius 3 is 2.52 bits per heavy atom. The average molecular weight is 353 g/mol. The van der Waals surface area contributed by atoms with Crippen LogP contribution in [0, 0.1) is 11.3 Å². The van der Waals surface area contributed by atoms with E-state index in [9.17, 15) is 4.79 Å². The van der Waals surface area contributed by atoms with Crippen molar-refractivity contribution >= 4 is 27.9 Å². The van der Waals surface area contributed by atoms with E-state index in [1.807, 2.05) is 19.9 Å². The molecule has 1 aromatic carbocycles. The summed E-state index contributed by atoms with van der Waals surface area (Å²) in [5, 5.41) is 11.8. The molecular weight excluding hydrogens is 336 g/mol. The van der Waals surface area contributed by atoms with Gasteiger partial charge in [-0.05, 0) is 32.1 Å². The maximum Gasteiger partial charge on any atom is 0.262 e. The topological polar surface area (TPSA) is 71.3 Å². The van der Waals surface area contributed by atoms with Crippen LogP contribution in [-0.4, -0.2) is 26.2 Å². The van der Waals surface area contributed by atoms with Gasteiger partial charge in [-0.25, -0.2) is 0 Å². The lowest BCUT2D eigenvalue weighted by Crippen LogP contribution is -2.30. The Balaban J connectivity index is 3.32. The third-order valence-corrected chi connectivity index (χ3v) is 3.01. The van der Waals surface area contributed by atoms with Gasteiger partial charge in [0.25, 0.3) is 5.91 Å². The number of amides is 1. The summed E-state index contributed by atoms with van der Waals surface area (Å²) in [6.07, 6.45) is 1.48. The Morgan fingerprint density at radius 1 is 1.38 bits per heavy atom. The van der Waals surface area contributed by atoms with E-state index < -0.39 is 5.91 Å². The smallest absolute Gasteiger partial charge is 0.262 e. The van der Waals surface area contributed by atoms with Crippen LogP contribution in [0.4, 0.5) is 0 Å². The van der Waals surface area contributed by atoms with Crippen molar-refractivity contribution in [2.24, 2.45) is 0 Å². The highest BCUT2D eigenvalue weighted by Crippen LogP contribution is 2.35. The van der Waals surface area contributed by atoms with Crippen molar-refractivity contribution < 1.29 is 14.3 Å². The first-order chi connectivity index (χ1) is 9.92. The number of nitriles is 1. The Morgan fingerprint density at radius 2 is 2.05 bits per heavy atom. The number of benzene rings is 1. The Kier molecular flexibility index (Phi) is 6.25. The van der Waals surface area contributed by atoms with Crippen LogP contribution in [0.5, 0.6) is 11.5 Å². The second kappa shape index (κ2) is 7.70. The Bertz CT molecular complexity index is 604. The lowest BCUT2D eigenvalue weighted by Gasteiger charge is -2.12. The average Bonchev–Trinajstić information content (AvgIpc) is 2.42. The number of nitrogens with zero attached hydrogens (tertiary/aromatic N) is 1. The van der Waals surface area contributed by atoms with Crippen molar-refractivity contribution in [3.63, 3.8) is 0 Å². The third kappa shape index (κ3) is 4.50. The molecule has 0 spiro atoms. The predicted octanol–water partition coefficient (Wildman–Crippen LogP) is 2.90. The van der Waals surface area contributed by atoms with E-state index in [0.29, 0.717) is 17.1 Å². The van der Waals surface area contributed by atoms with Gasteiger partial charge in [-0.3, -0.25) is 4.79 Å². The number of ether oxygens (including phenoxy) is 2. The molecule has 1 rings (SSSR count). The number of carbonyl (C=O) groups excluding carboxylic acids is 1. The second-order valence-corrected chi connectivity index (χ2v) is 5.44. The molecule has 0 aliphatic heterocycles. The summed E-state index contributed by atoms with van der Waals surface area (Å²) >= 11 is 3.36. The fourth-order valence-corrected chi connectivity index (χ4v) is 2.16. The quantitative estimate of drug-likeness (QED) is 0.653. The van der Waals surface area contributed by atoms with Gasteiger partial charge in [-0.15, -0.1) is 0 Å². The standard InChI is InChI=1S/C15H17BrN2O3/c1-9(2)18-15(19)11(8-17)5-10-6-12(16)7-13(20-3)14(10)21-4/h5-7,9H,1-4H3,(H,18,19). The van der Waals surface area contributed by atoms with E-state index in [4.69, 9.17) is 14.7 Å². The first-order valence-electron chi connectivity index (χ1n) is 6.27. The van der Waals surface area contributed by atoms with Crippen molar-refractivity contribution in [1.82, 2.24) is 5.32 Å². The van der Waals surface area contributed by atoms with E-state index in [-0.39, 0.29) is 11.6 Å². The fourth-order valence-electron chi connectivity index (χ4n) is 1.71. The second-order valence-electron chi connectivity index (χ2n) is 4.53. The van der Waals surface area contributed by atoms with Crippen LogP contribution in [0.15, 0.2) is 22.2 Å². The zero-order valence-corrected chi connectivity index (χ0v) is 13.9. The van der Waals surface area contributed by atoms with Crippen LogP contribution in [0.3, 0.4) is 0 Å². The summed E-state index contributed by atoms with van der Waals surface area (Å²) < 4.78 is 11.3. The number of nitrogens with one attached hydrogen (secondary N) is 1. The van der Waals surface area contributed by atoms with E-state index in [1.54, 1.807) is 12.1 Å². The first kappa shape index (κ1) is 17.1. The highest BCUT2D eigenvalue weighted by atomic mass is 79.9. The van der Waals surface area contributed by atoms with Gasteiger partial charge in [-0.2, -0.15) is 5.26 Å². The van der Waals surface area contributed by atoms with Gasteiger partial charge >= 0.3 is 0 Å².